The normalized spacial score (nSPS) is 20.3. The number of hydrogen-bond acceptors (Lipinski definition) is 5. The van der Waals surface area contributed by atoms with Gasteiger partial charge in [0.2, 0.25) is 0 Å². The average Bonchev–Trinajstić information content (AvgIpc) is 2.85. The lowest BCUT2D eigenvalue weighted by Crippen LogP contribution is -2.38. The lowest BCUT2D eigenvalue weighted by atomic mass is 10.2. The van der Waals surface area contributed by atoms with Crippen LogP contribution in [-0.4, -0.2) is 54.2 Å². The van der Waals surface area contributed by atoms with Crippen molar-refractivity contribution in [2.24, 2.45) is 10.9 Å². The molecule has 1 aromatic rings. The standard InChI is InChI=1S/C13H21N5O/c1-17(2)9-11-4-3-7-18(11)12-8-10(5-6-15-12)13(14)16-19/h5-6,8,11,19H,3-4,7,9H2,1-2H3,(H2,14,16). The van der Waals surface area contributed by atoms with Gasteiger partial charge in [-0.25, -0.2) is 4.98 Å². The Morgan fingerprint density at radius 2 is 2.42 bits per heavy atom. The van der Waals surface area contributed by atoms with E-state index in [2.05, 4.69) is 34.0 Å². The van der Waals surface area contributed by atoms with E-state index in [4.69, 9.17) is 10.9 Å². The number of amidine groups is 1. The van der Waals surface area contributed by atoms with Crippen LogP contribution in [-0.2, 0) is 0 Å². The van der Waals surface area contributed by atoms with Crippen LogP contribution in [0, 0.1) is 0 Å². The molecule has 1 fully saturated rings. The van der Waals surface area contributed by atoms with Crippen molar-refractivity contribution in [1.82, 2.24) is 9.88 Å². The highest BCUT2D eigenvalue weighted by atomic mass is 16.4. The summed E-state index contributed by atoms with van der Waals surface area (Å²) in [5, 5.41) is 11.8. The number of pyridine rings is 1. The fourth-order valence-corrected chi connectivity index (χ4v) is 2.54. The first-order valence-corrected chi connectivity index (χ1v) is 6.47. The van der Waals surface area contributed by atoms with Crippen molar-refractivity contribution in [1.29, 1.82) is 0 Å². The first-order valence-electron chi connectivity index (χ1n) is 6.47. The quantitative estimate of drug-likeness (QED) is 0.362. The molecular weight excluding hydrogens is 242 g/mol. The van der Waals surface area contributed by atoms with Gasteiger partial charge in [-0.2, -0.15) is 0 Å². The Kier molecular flexibility index (Phi) is 4.21. The Bertz CT molecular complexity index is 460. The number of rotatable bonds is 4. The van der Waals surface area contributed by atoms with E-state index in [0.29, 0.717) is 11.6 Å². The summed E-state index contributed by atoms with van der Waals surface area (Å²) in [5.41, 5.74) is 6.32. The lowest BCUT2D eigenvalue weighted by Gasteiger charge is -2.28. The Labute approximate surface area is 113 Å². The second-order valence-corrected chi connectivity index (χ2v) is 5.14. The fourth-order valence-electron chi connectivity index (χ4n) is 2.54. The maximum atomic E-state index is 8.74. The Morgan fingerprint density at radius 1 is 1.63 bits per heavy atom. The van der Waals surface area contributed by atoms with Gasteiger partial charge in [-0.3, -0.25) is 0 Å². The number of hydrogen-bond donors (Lipinski definition) is 2. The van der Waals surface area contributed by atoms with Crippen LogP contribution < -0.4 is 10.6 Å². The van der Waals surface area contributed by atoms with Crippen molar-refractivity contribution in [2.45, 2.75) is 18.9 Å². The zero-order valence-electron chi connectivity index (χ0n) is 11.5. The van der Waals surface area contributed by atoms with Crippen molar-refractivity contribution in [3.63, 3.8) is 0 Å². The van der Waals surface area contributed by atoms with E-state index in [1.165, 1.54) is 12.8 Å². The number of nitrogens with zero attached hydrogens (tertiary/aromatic N) is 4. The van der Waals surface area contributed by atoms with Crippen molar-refractivity contribution in [2.75, 3.05) is 32.1 Å². The molecule has 1 atom stereocenters. The predicted octanol–water partition coefficient (Wildman–Crippen LogP) is 0.707. The van der Waals surface area contributed by atoms with Crippen LogP contribution >= 0.6 is 0 Å². The van der Waals surface area contributed by atoms with Crippen molar-refractivity contribution < 1.29 is 5.21 Å². The predicted molar refractivity (Wildman–Crippen MR) is 75.7 cm³/mol. The Hall–Kier alpha value is -1.82. The smallest absolute Gasteiger partial charge is 0.170 e. The molecule has 0 saturated carbocycles. The molecule has 1 aliphatic rings. The van der Waals surface area contributed by atoms with Gasteiger partial charge in [0.25, 0.3) is 0 Å². The van der Waals surface area contributed by atoms with Gasteiger partial charge in [0.15, 0.2) is 5.84 Å². The maximum absolute atomic E-state index is 8.74. The molecule has 0 amide bonds. The number of likely N-dealkylation sites (N-methyl/N-ethyl adjacent to an activating group) is 1. The summed E-state index contributed by atoms with van der Waals surface area (Å²) in [4.78, 5) is 8.90. The first-order chi connectivity index (χ1) is 9.11. The molecule has 104 valence electrons. The van der Waals surface area contributed by atoms with Crippen LogP contribution in [0.2, 0.25) is 0 Å². The van der Waals surface area contributed by atoms with Gasteiger partial charge >= 0.3 is 0 Å². The molecule has 2 rings (SSSR count). The molecule has 0 spiro atoms. The van der Waals surface area contributed by atoms with Crippen LogP contribution in [0.25, 0.3) is 0 Å². The molecule has 6 heteroatoms. The first kappa shape index (κ1) is 13.6. The molecule has 0 bridgehead atoms. The minimum atomic E-state index is 0.118. The summed E-state index contributed by atoms with van der Waals surface area (Å²) >= 11 is 0. The van der Waals surface area contributed by atoms with E-state index in [0.717, 1.165) is 18.9 Å². The van der Waals surface area contributed by atoms with E-state index in [-0.39, 0.29) is 5.84 Å². The average molecular weight is 263 g/mol. The molecule has 1 aliphatic heterocycles. The molecule has 1 unspecified atom stereocenters. The monoisotopic (exact) mass is 263 g/mol. The molecule has 1 saturated heterocycles. The van der Waals surface area contributed by atoms with Gasteiger partial charge < -0.3 is 20.7 Å². The van der Waals surface area contributed by atoms with Gasteiger partial charge in [-0.1, -0.05) is 5.16 Å². The SMILES string of the molecule is CN(C)CC1CCCN1c1cc(C(N)=NO)ccn1. The summed E-state index contributed by atoms with van der Waals surface area (Å²) in [6, 6.07) is 4.10. The number of aromatic nitrogens is 1. The third-order valence-corrected chi connectivity index (χ3v) is 3.40. The number of nitrogens with two attached hydrogens (primary N) is 1. The van der Waals surface area contributed by atoms with Crippen LogP contribution in [0.5, 0.6) is 0 Å². The Balaban J connectivity index is 2.21. The van der Waals surface area contributed by atoms with E-state index in [9.17, 15) is 0 Å². The highest BCUT2D eigenvalue weighted by Gasteiger charge is 2.26. The second kappa shape index (κ2) is 5.88. The molecule has 6 nitrogen and oxygen atoms in total. The molecule has 3 N–H and O–H groups in total. The topological polar surface area (TPSA) is 78.0 Å². The van der Waals surface area contributed by atoms with Crippen LogP contribution in [0.3, 0.4) is 0 Å². The minimum absolute atomic E-state index is 0.118. The van der Waals surface area contributed by atoms with Crippen LogP contribution in [0.1, 0.15) is 18.4 Å². The van der Waals surface area contributed by atoms with Crippen LogP contribution in [0.4, 0.5) is 5.82 Å². The summed E-state index contributed by atoms with van der Waals surface area (Å²) < 4.78 is 0. The van der Waals surface area contributed by atoms with E-state index in [1.807, 2.05) is 6.07 Å². The van der Waals surface area contributed by atoms with Gasteiger partial charge in [-0.15, -0.1) is 0 Å². The largest absolute Gasteiger partial charge is 0.409 e. The zero-order valence-corrected chi connectivity index (χ0v) is 11.5. The van der Waals surface area contributed by atoms with E-state index < -0.39 is 0 Å². The van der Waals surface area contributed by atoms with Gasteiger partial charge in [0, 0.05) is 30.9 Å². The lowest BCUT2D eigenvalue weighted by molar-refractivity contribution is 0.318. The van der Waals surface area contributed by atoms with Gasteiger partial charge in [-0.05, 0) is 39.1 Å². The Morgan fingerprint density at radius 3 is 3.11 bits per heavy atom. The molecule has 1 aromatic heterocycles. The number of oxime groups is 1. The highest BCUT2D eigenvalue weighted by molar-refractivity contribution is 5.97. The second-order valence-electron chi connectivity index (χ2n) is 5.14. The van der Waals surface area contributed by atoms with Gasteiger partial charge in [0.05, 0.1) is 0 Å². The number of anilines is 1. The fraction of sp³-hybridized carbons (Fsp3) is 0.538. The summed E-state index contributed by atoms with van der Waals surface area (Å²) in [6.45, 7) is 2.01. The molecule has 2 heterocycles. The summed E-state index contributed by atoms with van der Waals surface area (Å²) in [5.74, 6) is 1.01. The third-order valence-electron chi connectivity index (χ3n) is 3.40. The van der Waals surface area contributed by atoms with Gasteiger partial charge in [0.1, 0.15) is 5.82 Å². The van der Waals surface area contributed by atoms with Crippen molar-refractivity contribution in [3.8, 4) is 0 Å². The zero-order chi connectivity index (χ0) is 13.8. The molecule has 0 aromatic carbocycles. The molecule has 0 radical (unpaired) electrons. The van der Waals surface area contributed by atoms with Crippen LogP contribution in [0.15, 0.2) is 23.5 Å². The highest BCUT2D eigenvalue weighted by Crippen LogP contribution is 2.24. The maximum Gasteiger partial charge on any atom is 0.170 e. The van der Waals surface area contributed by atoms with E-state index in [1.54, 1.807) is 12.3 Å². The summed E-state index contributed by atoms with van der Waals surface area (Å²) in [7, 11) is 4.16. The van der Waals surface area contributed by atoms with Crippen molar-refractivity contribution in [3.05, 3.63) is 23.9 Å². The van der Waals surface area contributed by atoms with E-state index >= 15 is 0 Å². The third kappa shape index (κ3) is 3.14. The molecular formula is C13H21N5O. The minimum Gasteiger partial charge on any atom is -0.409 e. The molecule has 19 heavy (non-hydrogen) atoms. The summed E-state index contributed by atoms with van der Waals surface area (Å²) in [6.07, 6.45) is 4.05. The molecule has 0 aliphatic carbocycles. The van der Waals surface area contributed by atoms with Crippen molar-refractivity contribution >= 4 is 11.7 Å².